The van der Waals surface area contributed by atoms with Crippen molar-refractivity contribution >= 4 is 5.69 Å². The molecule has 2 heterocycles. The number of nitrogens with two attached hydrogens (primary N) is 1. The van der Waals surface area contributed by atoms with Crippen molar-refractivity contribution in [3.63, 3.8) is 0 Å². The van der Waals surface area contributed by atoms with Gasteiger partial charge in [0.05, 0.1) is 30.4 Å². The predicted molar refractivity (Wildman–Crippen MR) is 52.5 cm³/mol. The molecule has 0 unspecified atom stereocenters. The van der Waals surface area contributed by atoms with Crippen molar-refractivity contribution in [3.05, 3.63) is 36.0 Å². The van der Waals surface area contributed by atoms with Crippen molar-refractivity contribution in [2.75, 3.05) is 5.32 Å². The molecule has 4 N–H and O–H groups in total. The van der Waals surface area contributed by atoms with E-state index in [0.29, 0.717) is 13.1 Å². The predicted octanol–water partition coefficient (Wildman–Crippen LogP) is 1.07. The van der Waals surface area contributed by atoms with Crippen LogP contribution in [0.3, 0.4) is 0 Å². The van der Waals surface area contributed by atoms with Crippen LogP contribution in [-0.2, 0) is 13.1 Å². The van der Waals surface area contributed by atoms with Crippen molar-refractivity contribution < 1.29 is 4.42 Å². The molecule has 14 heavy (non-hydrogen) atoms. The third kappa shape index (κ3) is 1.77. The molecule has 0 atom stereocenters. The zero-order valence-electron chi connectivity index (χ0n) is 7.66. The van der Waals surface area contributed by atoms with Gasteiger partial charge in [0.15, 0.2) is 0 Å². The summed E-state index contributed by atoms with van der Waals surface area (Å²) in [5, 5.41) is 9.89. The number of aromatic amines is 1. The van der Waals surface area contributed by atoms with Crippen molar-refractivity contribution in [1.29, 1.82) is 0 Å². The van der Waals surface area contributed by atoms with E-state index < -0.39 is 0 Å². The molecule has 0 amide bonds. The monoisotopic (exact) mass is 192 g/mol. The molecule has 0 saturated heterocycles. The molecule has 2 aromatic heterocycles. The van der Waals surface area contributed by atoms with Gasteiger partial charge in [0.1, 0.15) is 5.76 Å². The average Bonchev–Trinajstić information content (AvgIpc) is 2.85. The van der Waals surface area contributed by atoms with E-state index in [4.69, 9.17) is 10.2 Å². The van der Waals surface area contributed by atoms with E-state index in [1.165, 1.54) is 0 Å². The van der Waals surface area contributed by atoms with E-state index in [0.717, 1.165) is 17.1 Å². The van der Waals surface area contributed by atoms with Gasteiger partial charge < -0.3 is 15.5 Å². The average molecular weight is 192 g/mol. The van der Waals surface area contributed by atoms with E-state index in [9.17, 15) is 0 Å². The molecule has 5 heteroatoms. The first-order valence-corrected chi connectivity index (χ1v) is 4.38. The SMILES string of the molecule is NCc1[nH]ncc1NCc1ccco1. The zero-order chi connectivity index (χ0) is 9.80. The van der Waals surface area contributed by atoms with E-state index in [1.54, 1.807) is 12.5 Å². The Balaban J connectivity index is 1.98. The molecule has 0 spiro atoms. The first kappa shape index (κ1) is 8.83. The fourth-order valence-corrected chi connectivity index (χ4v) is 1.22. The Kier molecular flexibility index (Phi) is 2.51. The highest BCUT2D eigenvalue weighted by Crippen LogP contribution is 2.12. The van der Waals surface area contributed by atoms with Crippen LogP contribution in [0.5, 0.6) is 0 Å². The molecule has 74 valence electrons. The van der Waals surface area contributed by atoms with Gasteiger partial charge in [-0.15, -0.1) is 0 Å². The summed E-state index contributed by atoms with van der Waals surface area (Å²) in [6.07, 6.45) is 3.36. The third-order valence-corrected chi connectivity index (χ3v) is 1.96. The number of hydrogen-bond donors (Lipinski definition) is 3. The van der Waals surface area contributed by atoms with Gasteiger partial charge in [-0.1, -0.05) is 0 Å². The molecule has 0 bridgehead atoms. The highest BCUT2D eigenvalue weighted by Gasteiger charge is 2.02. The second-order valence-corrected chi connectivity index (χ2v) is 2.90. The van der Waals surface area contributed by atoms with E-state index in [2.05, 4.69) is 15.5 Å². The lowest BCUT2D eigenvalue weighted by Crippen LogP contribution is -2.03. The molecule has 2 aromatic rings. The normalized spacial score (nSPS) is 10.4. The van der Waals surface area contributed by atoms with Gasteiger partial charge in [-0.2, -0.15) is 5.10 Å². The van der Waals surface area contributed by atoms with Crippen molar-refractivity contribution in [2.24, 2.45) is 5.73 Å². The molecule has 0 aromatic carbocycles. The molecule has 0 aliphatic heterocycles. The standard InChI is InChI=1S/C9H12N4O/c10-4-8-9(6-12-13-8)11-5-7-2-1-3-14-7/h1-3,6,11H,4-5,10H2,(H,12,13). The zero-order valence-corrected chi connectivity index (χ0v) is 7.66. The maximum atomic E-state index is 5.51. The summed E-state index contributed by atoms with van der Waals surface area (Å²) in [6.45, 7) is 1.08. The van der Waals surface area contributed by atoms with Crippen LogP contribution in [0.25, 0.3) is 0 Å². The molecule has 0 saturated carbocycles. The molecule has 0 radical (unpaired) electrons. The van der Waals surface area contributed by atoms with Crippen molar-refractivity contribution in [2.45, 2.75) is 13.1 Å². The molecule has 5 nitrogen and oxygen atoms in total. The fraction of sp³-hybridized carbons (Fsp3) is 0.222. The highest BCUT2D eigenvalue weighted by molar-refractivity contribution is 5.45. The van der Waals surface area contributed by atoms with Gasteiger partial charge in [0, 0.05) is 6.54 Å². The highest BCUT2D eigenvalue weighted by atomic mass is 16.3. The summed E-state index contributed by atoms with van der Waals surface area (Å²) in [7, 11) is 0. The minimum absolute atomic E-state index is 0.445. The van der Waals surface area contributed by atoms with Gasteiger partial charge in [0.25, 0.3) is 0 Å². The number of H-pyrrole nitrogens is 1. The third-order valence-electron chi connectivity index (χ3n) is 1.96. The van der Waals surface area contributed by atoms with E-state index >= 15 is 0 Å². The number of hydrogen-bond acceptors (Lipinski definition) is 4. The van der Waals surface area contributed by atoms with Crippen LogP contribution in [-0.4, -0.2) is 10.2 Å². The first-order valence-electron chi connectivity index (χ1n) is 4.38. The lowest BCUT2D eigenvalue weighted by molar-refractivity contribution is 0.518. The Bertz CT molecular complexity index is 379. The maximum absolute atomic E-state index is 5.51. The Morgan fingerprint density at radius 2 is 2.50 bits per heavy atom. The number of rotatable bonds is 4. The van der Waals surface area contributed by atoms with Crippen molar-refractivity contribution in [1.82, 2.24) is 10.2 Å². The fourth-order valence-electron chi connectivity index (χ4n) is 1.22. The molecular weight excluding hydrogens is 180 g/mol. The van der Waals surface area contributed by atoms with Gasteiger partial charge >= 0.3 is 0 Å². The van der Waals surface area contributed by atoms with Gasteiger partial charge in [0.2, 0.25) is 0 Å². The number of furan rings is 1. The van der Waals surface area contributed by atoms with Crippen LogP contribution in [0.2, 0.25) is 0 Å². The lowest BCUT2D eigenvalue weighted by atomic mass is 10.3. The molecular formula is C9H12N4O. The number of anilines is 1. The van der Waals surface area contributed by atoms with Crippen LogP contribution in [0.15, 0.2) is 29.0 Å². The summed E-state index contributed by atoms with van der Waals surface area (Å²) in [5.41, 5.74) is 7.33. The Morgan fingerprint density at radius 3 is 3.21 bits per heavy atom. The van der Waals surface area contributed by atoms with Crippen LogP contribution in [0.4, 0.5) is 5.69 Å². The van der Waals surface area contributed by atoms with Crippen LogP contribution < -0.4 is 11.1 Å². The number of nitrogens with zero attached hydrogens (tertiary/aromatic N) is 1. The lowest BCUT2D eigenvalue weighted by Gasteiger charge is -2.02. The summed E-state index contributed by atoms with van der Waals surface area (Å²) < 4.78 is 5.18. The Morgan fingerprint density at radius 1 is 1.57 bits per heavy atom. The number of nitrogens with one attached hydrogen (secondary N) is 2. The van der Waals surface area contributed by atoms with Crippen molar-refractivity contribution in [3.8, 4) is 0 Å². The van der Waals surface area contributed by atoms with Gasteiger partial charge in [-0.25, -0.2) is 0 Å². The topological polar surface area (TPSA) is 79.9 Å². The minimum atomic E-state index is 0.445. The van der Waals surface area contributed by atoms with Gasteiger partial charge in [-0.05, 0) is 12.1 Å². The van der Waals surface area contributed by atoms with Crippen LogP contribution >= 0.6 is 0 Å². The van der Waals surface area contributed by atoms with E-state index in [1.807, 2.05) is 12.1 Å². The first-order chi connectivity index (χ1) is 6.90. The van der Waals surface area contributed by atoms with Crippen LogP contribution in [0.1, 0.15) is 11.5 Å². The number of aromatic nitrogens is 2. The Hall–Kier alpha value is -1.75. The Labute approximate surface area is 81.3 Å². The molecule has 2 rings (SSSR count). The summed E-state index contributed by atoms with van der Waals surface area (Å²) in [4.78, 5) is 0. The minimum Gasteiger partial charge on any atom is -0.467 e. The largest absolute Gasteiger partial charge is 0.467 e. The van der Waals surface area contributed by atoms with Crippen LogP contribution in [0, 0.1) is 0 Å². The smallest absolute Gasteiger partial charge is 0.122 e. The summed E-state index contributed by atoms with van der Waals surface area (Å²) in [6, 6.07) is 3.77. The molecule has 0 fully saturated rings. The maximum Gasteiger partial charge on any atom is 0.122 e. The second-order valence-electron chi connectivity index (χ2n) is 2.90. The molecule has 0 aliphatic carbocycles. The molecule has 0 aliphatic rings. The summed E-state index contributed by atoms with van der Waals surface area (Å²) >= 11 is 0. The second kappa shape index (κ2) is 3.97. The van der Waals surface area contributed by atoms with E-state index in [-0.39, 0.29) is 0 Å². The van der Waals surface area contributed by atoms with Gasteiger partial charge in [-0.3, -0.25) is 5.10 Å². The summed E-state index contributed by atoms with van der Waals surface area (Å²) in [5.74, 6) is 0.883. The quantitative estimate of drug-likeness (QED) is 0.677.